The third-order valence-corrected chi connectivity index (χ3v) is 3.17. The van der Waals surface area contributed by atoms with Crippen LogP contribution in [-0.2, 0) is 4.79 Å². The number of carbonyl (C=O) groups is 1. The molecule has 0 aliphatic heterocycles. The lowest BCUT2D eigenvalue weighted by molar-refractivity contribution is -0.115. The van der Waals surface area contributed by atoms with Gasteiger partial charge in [-0.3, -0.25) is 4.79 Å². The highest BCUT2D eigenvalue weighted by molar-refractivity contribution is 9.10. The van der Waals surface area contributed by atoms with Gasteiger partial charge in [0.05, 0.1) is 6.54 Å². The van der Waals surface area contributed by atoms with Crippen LogP contribution in [0.3, 0.4) is 0 Å². The van der Waals surface area contributed by atoms with Crippen LogP contribution in [0.4, 0.5) is 5.69 Å². The summed E-state index contributed by atoms with van der Waals surface area (Å²) in [4.78, 5) is 11.6. The van der Waals surface area contributed by atoms with E-state index in [1.54, 1.807) is 0 Å². The number of aryl methyl sites for hydroxylation is 1. The molecule has 2 N–H and O–H groups in total. The summed E-state index contributed by atoms with van der Waals surface area (Å²) in [5, 5.41) is 5.97. The van der Waals surface area contributed by atoms with E-state index in [0.717, 1.165) is 22.3 Å². The Morgan fingerprint density at radius 2 is 2.12 bits per heavy atom. The minimum atomic E-state index is -0.00706. The van der Waals surface area contributed by atoms with E-state index in [9.17, 15) is 4.79 Å². The standard InChI is InChI=1S/C13H19BrN2O/c1-9(2)7-15-8-13(17)16-11-4-5-12(14)10(3)6-11/h4-6,9,15H,7-8H2,1-3H3,(H,16,17). The molecule has 0 aliphatic rings. The van der Waals surface area contributed by atoms with Crippen LogP contribution in [0.25, 0.3) is 0 Å². The zero-order chi connectivity index (χ0) is 12.8. The van der Waals surface area contributed by atoms with Crippen molar-refractivity contribution in [3.05, 3.63) is 28.2 Å². The van der Waals surface area contributed by atoms with Crippen molar-refractivity contribution in [1.29, 1.82) is 0 Å². The van der Waals surface area contributed by atoms with Gasteiger partial charge in [-0.2, -0.15) is 0 Å². The fraction of sp³-hybridized carbons (Fsp3) is 0.462. The Balaban J connectivity index is 2.42. The van der Waals surface area contributed by atoms with Gasteiger partial charge in [-0.05, 0) is 43.1 Å². The lowest BCUT2D eigenvalue weighted by Crippen LogP contribution is -2.30. The van der Waals surface area contributed by atoms with Gasteiger partial charge in [0, 0.05) is 10.2 Å². The molecule has 0 aromatic heterocycles. The Bertz CT molecular complexity index is 391. The Labute approximate surface area is 111 Å². The summed E-state index contributed by atoms with van der Waals surface area (Å²) in [5.41, 5.74) is 1.94. The second-order valence-corrected chi connectivity index (χ2v) is 5.39. The van der Waals surface area contributed by atoms with Crippen LogP contribution in [0, 0.1) is 12.8 Å². The maximum absolute atomic E-state index is 11.6. The minimum Gasteiger partial charge on any atom is -0.325 e. The quantitative estimate of drug-likeness (QED) is 0.877. The second kappa shape index (κ2) is 6.77. The lowest BCUT2D eigenvalue weighted by Gasteiger charge is -2.09. The largest absolute Gasteiger partial charge is 0.325 e. The predicted octanol–water partition coefficient (Wildman–Crippen LogP) is 2.94. The highest BCUT2D eigenvalue weighted by atomic mass is 79.9. The first-order chi connectivity index (χ1) is 7.99. The summed E-state index contributed by atoms with van der Waals surface area (Å²) in [7, 11) is 0. The van der Waals surface area contributed by atoms with Crippen LogP contribution >= 0.6 is 15.9 Å². The number of amides is 1. The SMILES string of the molecule is Cc1cc(NC(=O)CNCC(C)C)ccc1Br. The van der Waals surface area contributed by atoms with E-state index >= 15 is 0 Å². The van der Waals surface area contributed by atoms with Crippen molar-refractivity contribution >= 4 is 27.5 Å². The van der Waals surface area contributed by atoms with Gasteiger partial charge in [-0.25, -0.2) is 0 Å². The zero-order valence-electron chi connectivity index (χ0n) is 10.5. The van der Waals surface area contributed by atoms with Crippen molar-refractivity contribution < 1.29 is 4.79 Å². The molecule has 0 bridgehead atoms. The van der Waals surface area contributed by atoms with Gasteiger partial charge in [0.15, 0.2) is 0 Å². The van der Waals surface area contributed by atoms with Gasteiger partial charge >= 0.3 is 0 Å². The van der Waals surface area contributed by atoms with Crippen LogP contribution in [0.15, 0.2) is 22.7 Å². The van der Waals surface area contributed by atoms with Crippen molar-refractivity contribution in [3.63, 3.8) is 0 Å². The third-order valence-electron chi connectivity index (χ3n) is 2.28. The summed E-state index contributed by atoms with van der Waals surface area (Å²) in [6.07, 6.45) is 0. The van der Waals surface area contributed by atoms with E-state index in [2.05, 4.69) is 40.4 Å². The molecule has 1 amide bonds. The van der Waals surface area contributed by atoms with E-state index in [1.807, 2.05) is 25.1 Å². The smallest absolute Gasteiger partial charge is 0.238 e. The Kier molecular flexibility index (Phi) is 5.65. The number of halogens is 1. The van der Waals surface area contributed by atoms with Gasteiger partial charge in [-0.15, -0.1) is 0 Å². The van der Waals surface area contributed by atoms with Gasteiger partial charge in [-0.1, -0.05) is 29.8 Å². The molecule has 0 saturated carbocycles. The minimum absolute atomic E-state index is 0.00706. The fourth-order valence-electron chi connectivity index (χ4n) is 1.40. The topological polar surface area (TPSA) is 41.1 Å². The molecular weight excluding hydrogens is 280 g/mol. The van der Waals surface area contributed by atoms with E-state index in [0.29, 0.717) is 12.5 Å². The highest BCUT2D eigenvalue weighted by Crippen LogP contribution is 2.19. The number of anilines is 1. The normalized spacial score (nSPS) is 10.6. The summed E-state index contributed by atoms with van der Waals surface area (Å²) in [6.45, 7) is 7.43. The first-order valence-corrected chi connectivity index (χ1v) is 6.55. The van der Waals surface area contributed by atoms with Crippen molar-refractivity contribution in [1.82, 2.24) is 5.32 Å². The number of nitrogens with one attached hydrogen (secondary N) is 2. The average Bonchev–Trinajstić information content (AvgIpc) is 2.23. The maximum atomic E-state index is 11.6. The molecule has 0 spiro atoms. The molecular formula is C13H19BrN2O. The summed E-state index contributed by atoms with van der Waals surface area (Å²) < 4.78 is 1.05. The van der Waals surface area contributed by atoms with Crippen molar-refractivity contribution in [3.8, 4) is 0 Å². The van der Waals surface area contributed by atoms with Gasteiger partial charge in [0.25, 0.3) is 0 Å². The Hall–Kier alpha value is -0.870. The maximum Gasteiger partial charge on any atom is 0.238 e. The summed E-state index contributed by atoms with van der Waals surface area (Å²) in [6, 6.07) is 5.77. The summed E-state index contributed by atoms with van der Waals surface area (Å²) >= 11 is 3.43. The molecule has 0 aliphatic carbocycles. The first kappa shape index (κ1) is 14.2. The molecule has 0 saturated heterocycles. The third kappa shape index (κ3) is 5.33. The highest BCUT2D eigenvalue weighted by Gasteiger charge is 2.03. The van der Waals surface area contributed by atoms with Crippen LogP contribution < -0.4 is 10.6 Å². The van der Waals surface area contributed by atoms with Crippen molar-refractivity contribution in [2.75, 3.05) is 18.4 Å². The molecule has 3 nitrogen and oxygen atoms in total. The van der Waals surface area contributed by atoms with Gasteiger partial charge < -0.3 is 10.6 Å². The Morgan fingerprint density at radius 1 is 1.41 bits per heavy atom. The van der Waals surface area contributed by atoms with E-state index < -0.39 is 0 Å². The molecule has 17 heavy (non-hydrogen) atoms. The molecule has 0 fully saturated rings. The van der Waals surface area contributed by atoms with E-state index in [-0.39, 0.29) is 5.91 Å². The second-order valence-electron chi connectivity index (χ2n) is 4.54. The van der Waals surface area contributed by atoms with E-state index in [1.165, 1.54) is 0 Å². The molecule has 0 unspecified atom stereocenters. The van der Waals surface area contributed by atoms with Gasteiger partial charge in [0.1, 0.15) is 0 Å². The van der Waals surface area contributed by atoms with Crippen LogP contribution in [0.5, 0.6) is 0 Å². The van der Waals surface area contributed by atoms with Crippen LogP contribution in [0.1, 0.15) is 19.4 Å². The average molecular weight is 299 g/mol. The molecule has 1 rings (SSSR count). The summed E-state index contributed by atoms with van der Waals surface area (Å²) in [5.74, 6) is 0.546. The van der Waals surface area contributed by atoms with Crippen molar-refractivity contribution in [2.24, 2.45) is 5.92 Å². The first-order valence-electron chi connectivity index (χ1n) is 5.75. The number of rotatable bonds is 5. The van der Waals surface area contributed by atoms with Crippen LogP contribution in [-0.4, -0.2) is 19.0 Å². The van der Waals surface area contributed by atoms with E-state index in [4.69, 9.17) is 0 Å². The van der Waals surface area contributed by atoms with Crippen LogP contribution in [0.2, 0.25) is 0 Å². The number of carbonyl (C=O) groups excluding carboxylic acids is 1. The molecule has 0 heterocycles. The molecule has 1 aromatic carbocycles. The molecule has 94 valence electrons. The number of hydrogen-bond donors (Lipinski definition) is 2. The van der Waals surface area contributed by atoms with Gasteiger partial charge in [0.2, 0.25) is 5.91 Å². The molecule has 0 radical (unpaired) electrons. The molecule has 4 heteroatoms. The molecule has 0 atom stereocenters. The predicted molar refractivity (Wildman–Crippen MR) is 75.2 cm³/mol. The Morgan fingerprint density at radius 3 is 2.71 bits per heavy atom. The lowest BCUT2D eigenvalue weighted by atomic mass is 10.2. The number of hydrogen-bond acceptors (Lipinski definition) is 2. The molecule has 1 aromatic rings. The zero-order valence-corrected chi connectivity index (χ0v) is 12.1. The number of benzene rings is 1. The van der Waals surface area contributed by atoms with Crippen molar-refractivity contribution in [2.45, 2.75) is 20.8 Å². The fourth-order valence-corrected chi connectivity index (χ4v) is 1.65. The monoisotopic (exact) mass is 298 g/mol.